The average molecular weight is 289 g/mol. The minimum Gasteiger partial charge on any atom is -0.289 e. The van der Waals surface area contributed by atoms with E-state index in [1.165, 1.54) is 11.0 Å². The molecule has 6 nitrogen and oxygen atoms in total. The van der Waals surface area contributed by atoms with Crippen LogP contribution in [-0.4, -0.2) is 20.7 Å². The Morgan fingerprint density at radius 3 is 2.50 bits per heavy atom. The van der Waals surface area contributed by atoms with Crippen LogP contribution < -0.4 is 5.32 Å². The van der Waals surface area contributed by atoms with Crippen LogP contribution in [0.1, 0.15) is 15.9 Å². The van der Waals surface area contributed by atoms with E-state index in [1.54, 1.807) is 48.5 Å². The average Bonchev–Trinajstić information content (AvgIpc) is 3.04. The van der Waals surface area contributed by atoms with Crippen LogP contribution in [0.15, 0.2) is 60.9 Å². The third kappa shape index (κ3) is 2.83. The Hall–Kier alpha value is -3.46. The largest absolute Gasteiger partial charge is 0.289 e. The molecule has 3 aromatic rings. The first-order chi connectivity index (χ1) is 10.8. The fourth-order valence-corrected chi connectivity index (χ4v) is 1.90. The number of nitriles is 1. The summed E-state index contributed by atoms with van der Waals surface area (Å²) in [4.78, 5) is 16.1. The number of hydrogen-bond acceptors (Lipinski definition) is 4. The van der Waals surface area contributed by atoms with Gasteiger partial charge in [-0.1, -0.05) is 18.2 Å². The molecule has 1 aromatic heterocycles. The van der Waals surface area contributed by atoms with Crippen molar-refractivity contribution in [3.63, 3.8) is 0 Å². The SMILES string of the molecule is N#Cc1ccc(-n2cnc(NC(=O)c3ccccc3)n2)cc1. The highest BCUT2D eigenvalue weighted by Gasteiger charge is 2.09. The summed E-state index contributed by atoms with van der Waals surface area (Å²) in [6.07, 6.45) is 1.50. The molecule has 2 aromatic carbocycles. The summed E-state index contributed by atoms with van der Waals surface area (Å²) in [5, 5.41) is 15.6. The van der Waals surface area contributed by atoms with Crippen LogP contribution in [0.4, 0.5) is 5.95 Å². The molecule has 106 valence electrons. The molecule has 1 heterocycles. The van der Waals surface area contributed by atoms with Crippen molar-refractivity contribution in [2.75, 3.05) is 5.32 Å². The predicted molar refractivity (Wildman–Crippen MR) is 80.5 cm³/mol. The number of anilines is 1. The van der Waals surface area contributed by atoms with E-state index in [2.05, 4.69) is 21.5 Å². The Balaban J connectivity index is 1.76. The first-order valence-corrected chi connectivity index (χ1v) is 6.55. The molecular formula is C16H11N5O. The molecule has 0 spiro atoms. The fourth-order valence-electron chi connectivity index (χ4n) is 1.90. The molecule has 0 aliphatic heterocycles. The van der Waals surface area contributed by atoms with E-state index in [-0.39, 0.29) is 11.9 Å². The predicted octanol–water partition coefficient (Wildman–Crippen LogP) is 2.39. The Morgan fingerprint density at radius 2 is 1.82 bits per heavy atom. The number of rotatable bonds is 3. The molecule has 0 bridgehead atoms. The minimum absolute atomic E-state index is 0.221. The lowest BCUT2D eigenvalue weighted by Gasteiger charge is -2.01. The van der Waals surface area contributed by atoms with Crippen LogP contribution in [-0.2, 0) is 0 Å². The van der Waals surface area contributed by atoms with Gasteiger partial charge in [0.25, 0.3) is 5.91 Å². The molecule has 3 rings (SSSR count). The molecule has 1 amide bonds. The third-order valence-corrected chi connectivity index (χ3v) is 3.01. The monoisotopic (exact) mass is 289 g/mol. The standard InChI is InChI=1S/C16H11N5O/c17-10-12-6-8-14(9-7-12)21-11-18-16(20-21)19-15(22)13-4-2-1-3-5-13/h1-9,11H,(H,19,20,22). The zero-order valence-electron chi connectivity index (χ0n) is 11.5. The molecular weight excluding hydrogens is 278 g/mol. The number of carbonyl (C=O) groups is 1. The molecule has 6 heteroatoms. The number of hydrogen-bond donors (Lipinski definition) is 1. The van der Waals surface area contributed by atoms with Gasteiger partial charge in [-0.15, -0.1) is 5.10 Å². The Kier molecular flexibility index (Phi) is 3.62. The smallest absolute Gasteiger partial charge is 0.258 e. The van der Waals surface area contributed by atoms with Crippen molar-refractivity contribution in [1.29, 1.82) is 5.26 Å². The summed E-state index contributed by atoms with van der Waals surface area (Å²) in [5.74, 6) is -0.0450. The normalized spacial score (nSPS) is 9.95. The van der Waals surface area contributed by atoms with Crippen molar-refractivity contribution >= 4 is 11.9 Å². The fraction of sp³-hybridized carbons (Fsp3) is 0. The zero-order valence-corrected chi connectivity index (χ0v) is 11.5. The lowest BCUT2D eigenvalue weighted by atomic mass is 10.2. The summed E-state index contributed by atoms with van der Waals surface area (Å²) < 4.78 is 1.53. The molecule has 0 saturated carbocycles. The summed E-state index contributed by atoms with van der Waals surface area (Å²) in [5.41, 5.74) is 1.87. The van der Waals surface area contributed by atoms with Gasteiger partial charge in [-0.2, -0.15) is 10.2 Å². The Labute approximate surface area is 126 Å². The quantitative estimate of drug-likeness (QED) is 0.802. The van der Waals surface area contributed by atoms with Crippen molar-refractivity contribution in [2.24, 2.45) is 0 Å². The lowest BCUT2D eigenvalue weighted by molar-refractivity contribution is 0.102. The molecule has 0 aliphatic carbocycles. The molecule has 0 saturated heterocycles. The van der Waals surface area contributed by atoms with Gasteiger partial charge in [0.1, 0.15) is 6.33 Å². The van der Waals surface area contributed by atoms with E-state index in [9.17, 15) is 4.79 Å². The van der Waals surface area contributed by atoms with Gasteiger partial charge in [-0.25, -0.2) is 4.68 Å². The molecule has 22 heavy (non-hydrogen) atoms. The second-order valence-electron chi connectivity index (χ2n) is 4.49. The number of benzene rings is 2. The van der Waals surface area contributed by atoms with E-state index >= 15 is 0 Å². The molecule has 0 fully saturated rings. The molecule has 0 atom stereocenters. The minimum atomic E-state index is -0.266. The first kappa shape index (κ1) is 13.5. The molecule has 1 N–H and O–H groups in total. The molecule has 0 aliphatic rings. The van der Waals surface area contributed by atoms with Crippen molar-refractivity contribution < 1.29 is 4.79 Å². The Bertz CT molecular complexity index is 831. The maximum atomic E-state index is 12.0. The van der Waals surface area contributed by atoms with Gasteiger partial charge >= 0.3 is 0 Å². The molecule has 0 radical (unpaired) electrons. The first-order valence-electron chi connectivity index (χ1n) is 6.55. The lowest BCUT2D eigenvalue weighted by Crippen LogP contribution is -2.13. The van der Waals surface area contributed by atoms with E-state index in [0.29, 0.717) is 11.1 Å². The second kappa shape index (κ2) is 5.89. The van der Waals surface area contributed by atoms with Crippen molar-refractivity contribution in [3.8, 4) is 11.8 Å². The van der Waals surface area contributed by atoms with Crippen molar-refractivity contribution in [1.82, 2.24) is 14.8 Å². The van der Waals surface area contributed by atoms with Gasteiger partial charge in [-0.05, 0) is 36.4 Å². The third-order valence-electron chi connectivity index (χ3n) is 3.01. The highest BCUT2D eigenvalue weighted by Crippen LogP contribution is 2.10. The summed E-state index contributed by atoms with van der Waals surface area (Å²) in [7, 11) is 0. The van der Waals surface area contributed by atoms with E-state index in [4.69, 9.17) is 5.26 Å². The number of amides is 1. The van der Waals surface area contributed by atoms with Crippen molar-refractivity contribution in [2.45, 2.75) is 0 Å². The molecule has 0 unspecified atom stereocenters. The van der Waals surface area contributed by atoms with Crippen LogP contribution in [0, 0.1) is 11.3 Å². The number of aromatic nitrogens is 3. The number of nitrogens with one attached hydrogen (secondary N) is 1. The van der Waals surface area contributed by atoms with Crippen LogP contribution >= 0.6 is 0 Å². The van der Waals surface area contributed by atoms with Gasteiger partial charge in [0.05, 0.1) is 17.3 Å². The van der Waals surface area contributed by atoms with Crippen LogP contribution in [0.3, 0.4) is 0 Å². The zero-order chi connectivity index (χ0) is 15.4. The summed E-state index contributed by atoms with van der Waals surface area (Å²) in [6, 6.07) is 17.8. The van der Waals surface area contributed by atoms with Gasteiger partial charge in [-0.3, -0.25) is 10.1 Å². The Morgan fingerprint density at radius 1 is 1.09 bits per heavy atom. The number of carbonyl (C=O) groups excluding carboxylic acids is 1. The van der Waals surface area contributed by atoms with Crippen LogP contribution in [0.25, 0.3) is 5.69 Å². The second-order valence-corrected chi connectivity index (χ2v) is 4.49. The number of nitrogens with zero attached hydrogens (tertiary/aromatic N) is 4. The van der Waals surface area contributed by atoms with E-state index in [0.717, 1.165) is 5.69 Å². The highest BCUT2D eigenvalue weighted by molar-refractivity contribution is 6.03. The van der Waals surface area contributed by atoms with E-state index < -0.39 is 0 Å². The van der Waals surface area contributed by atoms with Gasteiger partial charge in [0, 0.05) is 5.56 Å². The maximum absolute atomic E-state index is 12.0. The van der Waals surface area contributed by atoms with Crippen LogP contribution in [0.5, 0.6) is 0 Å². The van der Waals surface area contributed by atoms with Gasteiger partial charge in [0.15, 0.2) is 0 Å². The maximum Gasteiger partial charge on any atom is 0.258 e. The van der Waals surface area contributed by atoms with Crippen LogP contribution in [0.2, 0.25) is 0 Å². The van der Waals surface area contributed by atoms with Gasteiger partial charge in [0.2, 0.25) is 5.95 Å². The van der Waals surface area contributed by atoms with Gasteiger partial charge < -0.3 is 0 Å². The topological polar surface area (TPSA) is 83.6 Å². The summed E-state index contributed by atoms with van der Waals surface area (Å²) >= 11 is 0. The summed E-state index contributed by atoms with van der Waals surface area (Å²) in [6.45, 7) is 0. The highest BCUT2D eigenvalue weighted by atomic mass is 16.1. The van der Waals surface area contributed by atoms with Crippen molar-refractivity contribution in [3.05, 3.63) is 72.1 Å². The van der Waals surface area contributed by atoms with E-state index in [1.807, 2.05) is 6.07 Å².